The second-order valence-corrected chi connectivity index (χ2v) is 4.29. The zero-order valence-corrected chi connectivity index (χ0v) is 9.33. The molecule has 0 aromatic carbocycles. The maximum absolute atomic E-state index is 5.50. The average molecular weight is 205 g/mol. The van der Waals surface area contributed by atoms with Crippen molar-refractivity contribution in [2.45, 2.75) is 32.7 Å². The highest BCUT2D eigenvalue weighted by Gasteiger charge is 2.09. The standard InChI is InChI=1S/C13H19NO/c1-11-7-8-13(15-11)10-14-9-12-5-3-2-4-6-12/h2-3,7-8,12,14H,4-6,9-10H2,1H3. The molecule has 1 unspecified atom stereocenters. The van der Waals surface area contributed by atoms with Crippen molar-refractivity contribution in [3.63, 3.8) is 0 Å². The van der Waals surface area contributed by atoms with Gasteiger partial charge in [0.2, 0.25) is 0 Å². The van der Waals surface area contributed by atoms with Crippen molar-refractivity contribution in [2.75, 3.05) is 6.54 Å². The van der Waals surface area contributed by atoms with Crippen LogP contribution in [0.3, 0.4) is 0 Å². The second-order valence-electron chi connectivity index (χ2n) is 4.29. The van der Waals surface area contributed by atoms with Crippen molar-refractivity contribution in [2.24, 2.45) is 5.92 Å². The van der Waals surface area contributed by atoms with Gasteiger partial charge in [-0.25, -0.2) is 0 Å². The van der Waals surface area contributed by atoms with Gasteiger partial charge in [-0.05, 0) is 50.8 Å². The Morgan fingerprint density at radius 3 is 3.00 bits per heavy atom. The van der Waals surface area contributed by atoms with Crippen LogP contribution in [0.15, 0.2) is 28.7 Å². The van der Waals surface area contributed by atoms with E-state index in [4.69, 9.17) is 4.42 Å². The first-order chi connectivity index (χ1) is 7.34. The molecule has 0 radical (unpaired) electrons. The van der Waals surface area contributed by atoms with Crippen molar-refractivity contribution in [1.29, 1.82) is 0 Å². The van der Waals surface area contributed by atoms with Gasteiger partial charge < -0.3 is 9.73 Å². The third-order valence-electron chi connectivity index (χ3n) is 2.91. The topological polar surface area (TPSA) is 25.2 Å². The smallest absolute Gasteiger partial charge is 0.117 e. The fraction of sp³-hybridized carbons (Fsp3) is 0.538. The SMILES string of the molecule is Cc1ccc(CNCC2CC=CCC2)o1. The van der Waals surface area contributed by atoms with Crippen LogP contribution in [-0.4, -0.2) is 6.54 Å². The van der Waals surface area contributed by atoms with Crippen LogP contribution < -0.4 is 5.32 Å². The molecule has 0 saturated heterocycles. The van der Waals surface area contributed by atoms with Gasteiger partial charge in [0.15, 0.2) is 0 Å². The quantitative estimate of drug-likeness (QED) is 0.764. The van der Waals surface area contributed by atoms with E-state index in [9.17, 15) is 0 Å². The van der Waals surface area contributed by atoms with E-state index in [0.717, 1.165) is 30.5 Å². The molecule has 1 aromatic heterocycles. The zero-order chi connectivity index (χ0) is 10.5. The van der Waals surface area contributed by atoms with Gasteiger partial charge in [0.1, 0.15) is 11.5 Å². The van der Waals surface area contributed by atoms with Crippen molar-refractivity contribution in [3.8, 4) is 0 Å². The molecule has 1 aromatic rings. The molecule has 1 aliphatic rings. The first-order valence-corrected chi connectivity index (χ1v) is 5.75. The largest absolute Gasteiger partial charge is 0.465 e. The Hall–Kier alpha value is -1.02. The molecule has 0 amide bonds. The van der Waals surface area contributed by atoms with Crippen molar-refractivity contribution >= 4 is 0 Å². The van der Waals surface area contributed by atoms with E-state index in [2.05, 4.69) is 17.5 Å². The van der Waals surface area contributed by atoms with E-state index in [1.807, 2.05) is 19.1 Å². The maximum Gasteiger partial charge on any atom is 0.117 e. The molecular formula is C13H19NO. The van der Waals surface area contributed by atoms with E-state index in [-0.39, 0.29) is 0 Å². The molecular weight excluding hydrogens is 186 g/mol. The number of aryl methyl sites for hydroxylation is 1. The molecule has 2 rings (SSSR count). The molecule has 0 aliphatic heterocycles. The summed E-state index contributed by atoms with van der Waals surface area (Å²) in [5.41, 5.74) is 0. The van der Waals surface area contributed by atoms with Crippen LogP contribution in [0.2, 0.25) is 0 Å². The van der Waals surface area contributed by atoms with Crippen molar-refractivity contribution in [1.82, 2.24) is 5.32 Å². The van der Waals surface area contributed by atoms with Crippen molar-refractivity contribution in [3.05, 3.63) is 35.8 Å². The summed E-state index contributed by atoms with van der Waals surface area (Å²) in [4.78, 5) is 0. The molecule has 15 heavy (non-hydrogen) atoms. The van der Waals surface area contributed by atoms with Crippen LogP contribution >= 0.6 is 0 Å². The summed E-state index contributed by atoms with van der Waals surface area (Å²) in [6.45, 7) is 3.94. The van der Waals surface area contributed by atoms with E-state index >= 15 is 0 Å². The van der Waals surface area contributed by atoms with Crippen molar-refractivity contribution < 1.29 is 4.42 Å². The van der Waals surface area contributed by atoms with Gasteiger partial charge >= 0.3 is 0 Å². The first kappa shape index (κ1) is 10.5. The summed E-state index contributed by atoms with van der Waals surface area (Å²) in [5, 5.41) is 3.46. The Morgan fingerprint density at radius 1 is 1.40 bits per heavy atom. The lowest BCUT2D eigenvalue weighted by Crippen LogP contribution is -2.22. The Balaban J connectivity index is 1.68. The van der Waals surface area contributed by atoms with Crippen LogP contribution in [0.4, 0.5) is 0 Å². The van der Waals surface area contributed by atoms with Crippen LogP contribution in [0.1, 0.15) is 30.8 Å². The Morgan fingerprint density at radius 2 is 2.33 bits per heavy atom. The molecule has 0 spiro atoms. The highest BCUT2D eigenvalue weighted by atomic mass is 16.3. The van der Waals surface area contributed by atoms with Gasteiger partial charge in [-0.2, -0.15) is 0 Å². The third-order valence-corrected chi connectivity index (χ3v) is 2.91. The van der Waals surface area contributed by atoms with E-state index in [1.165, 1.54) is 19.3 Å². The molecule has 0 saturated carbocycles. The molecule has 2 heteroatoms. The average Bonchev–Trinajstić information content (AvgIpc) is 2.66. The maximum atomic E-state index is 5.50. The van der Waals surface area contributed by atoms with Gasteiger partial charge in [-0.15, -0.1) is 0 Å². The van der Waals surface area contributed by atoms with Gasteiger partial charge in [0.25, 0.3) is 0 Å². The molecule has 1 atom stereocenters. The van der Waals surface area contributed by atoms with E-state index in [0.29, 0.717) is 0 Å². The number of nitrogens with one attached hydrogen (secondary N) is 1. The number of rotatable bonds is 4. The summed E-state index contributed by atoms with van der Waals surface area (Å²) < 4.78 is 5.50. The molecule has 82 valence electrons. The summed E-state index contributed by atoms with van der Waals surface area (Å²) >= 11 is 0. The van der Waals surface area contributed by atoms with Gasteiger partial charge in [0.05, 0.1) is 6.54 Å². The first-order valence-electron chi connectivity index (χ1n) is 5.75. The minimum atomic E-state index is 0.811. The summed E-state index contributed by atoms with van der Waals surface area (Å²) in [6.07, 6.45) is 8.37. The van der Waals surface area contributed by atoms with Crippen LogP contribution in [0, 0.1) is 12.8 Å². The minimum absolute atomic E-state index is 0.811. The monoisotopic (exact) mass is 205 g/mol. The third kappa shape index (κ3) is 3.24. The summed E-state index contributed by atoms with van der Waals surface area (Å²) in [5.74, 6) is 2.84. The number of furan rings is 1. The minimum Gasteiger partial charge on any atom is -0.465 e. The lowest BCUT2D eigenvalue weighted by molar-refractivity contribution is 0.411. The number of hydrogen-bond acceptors (Lipinski definition) is 2. The molecule has 0 bridgehead atoms. The summed E-state index contributed by atoms with van der Waals surface area (Å²) in [6, 6.07) is 4.06. The van der Waals surface area contributed by atoms with Gasteiger partial charge in [-0.1, -0.05) is 12.2 Å². The number of hydrogen-bond donors (Lipinski definition) is 1. The molecule has 1 aliphatic carbocycles. The zero-order valence-electron chi connectivity index (χ0n) is 9.33. The number of allylic oxidation sites excluding steroid dienone is 2. The predicted molar refractivity (Wildman–Crippen MR) is 61.6 cm³/mol. The summed E-state index contributed by atoms with van der Waals surface area (Å²) in [7, 11) is 0. The lowest BCUT2D eigenvalue weighted by Gasteiger charge is -2.17. The lowest BCUT2D eigenvalue weighted by atomic mass is 9.94. The predicted octanol–water partition coefficient (Wildman–Crippen LogP) is 3.03. The fourth-order valence-corrected chi connectivity index (χ4v) is 2.02. The van der Waals surface area contributed by atoms with Crippen LogP contribution in [0.25, 0.3) is 0 Å². The molecule has 0 fully saturated rings. The Kier molecular flexibility index (Phi) is 3.62. The molecule has 2 nitrogen and oxygen atoms in total. The van der Waals surface area contributed by atoms with E-state index < -0.39 is 0 Å². The Bertz CT molecular complexity index is 327. The van der Waals surface area contributed by atoms with Crippen LogP contribution in [-0.2, 0) is 6.54 Å². The Labute approximate surface area is 91.4 Å². The van der Waals surface area contributed by atoms with E-state index in [1.54, 1.807) is 0 Å². The highest BCUT2D eigenvalue weighted by molar-refractivity contribution is 5.05. The van der Waals surface area contributed by atoms with Crippen LogP contribution in [0.5, 0.6) is 0 Å². The fourth-order valence-electron chi connectivity index (χ4n) is 2.02. The molecule has 1 heterocycles. The van der Waals surface area contributed by atoms with Gasteiger partial charge in [-0.3, -0.25) is 0 Å². The van der Waals surface area contributed by atoms with Gasteiger partial charge in [0, 0.05) is 0 Å². The molecule has 1 N–H and O–H groups in total. The second kappa shape index (κ2) is 5.17. The highest BCUT2D eigenvalue weighted by Crippen LogP contribution is 2.17. The normalized spacial score (nSPS) is 20.7.